The standard InChI is InChI=1S/C44H42O18/c1-9-53-39(49)55-31-23-13-11-17-25(31)33(45)27-19-15-21-29(35(27)57-41(51)59-43(3,4)5)37(47)61-62-38(48)30-22-16-20-28(36(30)58-42(52)60-44(6,7)8)34(46)26-18-12-14-24-32(26)56-40(50)54-10-2/h11-24H,9-10H2,1-8H3. The summed E-state index contributed by atoms with van der Waals surface area (Å²) < 4.78 is 41.3. The van der Waals surface area contributed by atoms with Crippen molar-refractivity contribution in [3.8, 4) is 23.0 Å². The lowest BCUT2D eigenvalue weighted by Gasteiger charge is -2.20. The SMILES string of the molecule is CCOC(=O)Oc1ccccc1C(=O)c1cccc(C(=O)OOC(=O)c2cccc(C(=O)c3ccccc3OC(=O)OCC)c2OC(=O)OC(C)(C)C)c1OC(=O)OC(C)(C)C. The Morgan fingerprint density at radius 2 is 0.726 bits per heavy atom. The Balaban J connectivity index is 1.74. The van der Waals surface area contributed by atoms with Crippen LogP contribution in [0.1, 0.15) is 108 Å². The second kappa shape index (κ2) is 20.5. The first-order valence-electron chi connectivity index (χ1n) is 18.7. The average Bonchev–Trinajstić information content (AvgIpc) is 3.18. The zero-order valence-corrected chi connectivity index (χ0v) is 34.8. The van der Waals surface area contributed by atoms with Crippen molar-refractivity contribution >= 4 is 48.1 Å². The molecule has 62 heavy (non-hydrogen) atoms. The van der Waals surface area contributed by atoms with Gasteiger partial charge in [0.1, 0.15) is 33.8 Å². The highest BCUT2D eigenvalue weighted by molar-refractivity contribution is 6.15. The van der Waals surface area contributed by atoms with Gasteiger partial charge in [0.25, 0.3) is 0 Å². The maximum atomic E-state index is 14.0. The molecule has 0 heterocycles. The first kappa shape index (κ1) is 46.9. The van der Waals surface area contributed by atoms with E-state index >= 15 is 0 Å². The molecule has 0 aliphatic rings. The maximum absolute atomic E-state index is 14.0. The molecule has 0 atom stereocenters. The fourth-order valence-electron chi connectivity index (χ4n) is 5.10. The summed E-state index contributed by atoms with van der Waals surface area (Å²) in [5.41, 5.74) is -4.75. The van der Waals surface area contributed by atoms with E-state index in [0.29, 0.717) is 0 Å². The second-order valence-electron chi connectivity index (χ2n) is 14.5. The van der Waals surface area contributed by atoms with Crippen LogP contribution in [-0.4, -0.2) is 72.5 Å². The number of para-hydroxylation sites is 4. The Morgan fingerprint density at radius 3 is 1.06 bits per heavy atom. The van der Waals surface area contributed by atoms with Gasteiger partial charge >= 0.3 is 36.6 Å². The smallest absolute Gasteiger partial charge is 0.434 e. The van der Waals surface area contributed by atoms with Crippen LogP contribution in [0, 0.1) is 0 Å². The van der Waals surface area contributed by atoms with Gasteiger partial charge < -0.3 is 37.9 Å². The molecule has 4 aromatic carbocycles. The van der Waals surface area contributed by atoms with E-state index < -0.39 is 93.1 Å². The van der Waals surface area contributed by atoms with Crippen molar-refractivity contribution in [2.45, 2.75) is 66.6 Å². The van der Waals surface area contributed by atoms with Crippen LogP contribution in [-0.2, 0) is 28.7 Å². The van der Waals surface area contributed by atoms with Gasteiger partial charge in [-0.3, -0.25) is 9.59 Å². The normalized spacial score (nSPS) is 10.9. The van der Waals surface area contributed by atoms with Crippen LogP contribution in [0.2, 0.25) is 0 Å². The Labute approximate surface area is 354 Å². The first-order chi connectivity index (χ1) is 29.2. The van der Waals surface area contributed by atoms with E-state index in [1.165, 1.54) is 114 Å². The molecular formula is C44H42O18. The number of carbonyl (C=O) groups is 8. The summed E-state index contributed by atoms with van der Waals surface area (Å²) in [4.78, 5) is 115. The Morgan fingerprint density at radius 1 is 0.403 bits per heavy atom. The molecule has 4 rings (SSSR count). The molecule has 0 saturated heterocycles. The van der Waals surface area contributed by atoms with Gasteiger partial charge in [-0.15, -0.1) is 0 Å². The van der Waals surface area contributed by atoms with Crippen LogP contribution < -0.4 is 18.9 Å². The molecule has 0 spiro atoms. The topological polar surface area (TPSA) is 229 Å². The molecule has 0 aromatic heterocycles. The van der Waals surface area contributed by atoms with Gasteiger partial charge in [0.05, 0.1) is 35.5 Å². The van der Waals surface area contributed by atoms with Gasteiger partial charge in [0.2, 0.25) is 11.6 Å². The molecule has 18 nitrogen and oxygen atoms in total. The summed E-state index contributed by atoms with van der Waals surface area (Å²) in [6, 6.07) is 18.0. The lowest BCUT2D eigenvalue weighted by molar-refractivity contribution is -0.187. The summed E-state index contributed by atoms with van der Waals surface area (Å²) >= 11 is 0. The van der Waals surface area contributed by atoms with Crippen molar-refractivity contribution in [3.63, 3.8) is 0 Å². The van der Waals surface area contributed by atoms with E-state index in [0.717, 1.165) is 12.1 Å². The fourth-order valence-corrected chi connectivity index (χ4v) is 5.10. The van der Waals surface area contributed by atoms with Crippen molar-refractivity contribution in [1.29, 1.82) is 0 Å². The lowest BCUT2D eigenvalue weighted by atomic mass is 9.99. The number of rotatable bonds is 12. The van der Waals surface area contributed by atoms with Crippen molar-refractivity contribution in [2.24, 2.45) is 0 Å². The minimum absolute atomic E-state index is 0.0261. The maximum Gasteiger partial charge on any atom is 0.514 e. The Kier molecular flexibility index (Phi) is 15.5. The summed E-state index contributed by atoms with van der Waals surface area (Å²) in [5.74, 6) is -6.68. The van der Waals surface area contributed by atoms with E-state index in [4.69, 9.17) is 47.7 Å². The molecule has 0 aliphatic heterocycles. The highest BCUT2D eigenvalue weighted by Gasteiger charge is 2.32. The second-order valence-corrected chi connectivity index (χ2v) is 14.5. The molecule has 0 radical (unpaired) electrons. The minimum Gasteiger partial charge on any atom is -0.434 e. The third kappa shape index (κ3) is 12.9. The summed E-state index contributed by atoms with van der Waals surface area (Å²) in [6.07, 6.45) is -4.92. The molecule has 326 valence electrons. The van der Waals surface area contributed by atoms with E-state index in [1.54, 1.807) is 13.8 Å². The average molecular weight is 859 g/mol. The lowest BCUT2D eigenvalue weighted by Crippen LogP contribution is -2.27. The Hall–Kier alpha value is -7.76. The number of ketones is 2. The molecule has 0 N–H and O–H groups in total. The molecule has 0 aliphatic carbocycles. The third-order valence-electron chi connectivity index (χ3n) is 7.48. The number of carbonyl (C=O) groups excluding carboxylic acids is 8. The molecule has 0 unspecified atom stereocenters. The number of hydrogen-bond donors (Lipinski definition) is 0. The van der Waals surface area contributed by atoms with Crippen LogP contribution in [0.5, 0.6) is 23.0 Å². The highest BCUT2D eigenvalue weighted by Crippen LogP contribution is 2.34. The van der Waals surface area contributed by atoms with E-state index in [9.17, 15) is 38.4 Å². The summed E-state index contributed by atoms with van der Waals surface area (Å²) in [6.45, 7) is 12.2. The fraction of sp³-hybridized carbons (Fsp3) is 0.273. The highest BCUT2D eigenvalue weighted by atomic mass is 17.2. The zero-order chi connectivity index (χ0) is 45.8. The van der Waals surface area contributed by atoms with Gasteiger partial charge in [-0.1, -0.05) is 36.4 Å². The monoisotopic (exact) mass is 858 g/mol. The van der Waals surface area contributed by atoms with Gasteiger partial charge in [0, 0.05) is 0 Å². The summed E-state index contributed by atoms with van der Waals surface area (Å²) in [7, 11) is 0. The largest absolute Gasteiger partial charge is 0.514 e. The van der Waals surface area contributed by atoms with E-state index in [1.807, 2.05) is 0 Å². The molecule has 0 amide bonds. The van der Waals surface area contributed by atoms with Crippen molar-refractivity contribution < 1.29 is 86.0 Å². The van der Waals surface area contributed by atoms with E-state index in [2.05, 4.69) is 0 Å². The quantitative estimate of drug-likeness (QED) is 0.0323. The molecule has 0 fully saturated rings. The van der Waals surface area contributed by atoms with Crippen LogP contribution in [0.3, 0.4) is 0 Å². The van der Waals surface area contributed by atoms with Gasteiger partial charge in [-0.2, -0.15) is 0 Å². The molecular weight excluding hydrogens is 816 g/mol. The third-order valence-corrected chi connectivity index (χ3v) is 7.48. The van der Waals surface area contributed by atoms with Gasteiger partial charge in [0.15, 0.2) is 11.5 Å². The minimum atomic E-state index is -1.49. The van der Waals surface area contributed by atoms with Gasteiger partial charge in [-0.25, -0.2) is 38.5 Å². The number of hydrogen-bond acceptors (Lipinski definition) is 18. The molecule has 4 aromatic rings. The van der Waals surface area contributed by atoms with Crippen molar-refractivity contribution in [2.75, 3.05) is 13.2 Å². The van der Waals surface area contributed by atoms with Crippen molar-refractivity contribution in [3.05, 3.63) is 118 Å². The van der Waals surface area contributed by atoms with Crippen LogP contribution in [0.15, 0.2) is 84.9 Å². The first-order valence-corrected chi connectivity index (χ1v) is 18.7. The van der Waals surface area contributed by atoms with E-state index in [-0.39, 0.29) is 35.8 Å². The predicted octanol–water partition coefficient (Wildman–Crippen LogP) is 8.78. The summed E-state index contributed by atoms with van der Waals surface area (Å²) in [5, 5.41) is 0. The molecule has 0 saturated carbocycles. The number of benzene rings is 4. The predicted molar refractivity (Wildman–Crippen MR) is 212 cm³/mol. The Bertz CT molecular complexity index is 2200. The zero-order valence-electron chi connectivity index (χ0n) is 34.8. The van der Waals surface area contributed by atoms with Gasteiger partial charge in [-0.05, 0) is 104 Å². The number of ether oxygens (including phenoxy) is 8. The van der Waals surface area contributed by atoms with Crippen molar-refractivity contribution in [1.82, 2.24) is 0 Å². The molecule has 18 heteroatoms. The van der Waals surface area contributed by atoms with Crippen LogP contribution in [0.25, 0.3) is 0 Å². The van der Waals surface area contributed by atoms with Crippen LogP contribution >= 0.6 is 0 Å². The van der Waals surface area contributed by atoms with Crippen LogP contribution in [0.4, 0.5) is 19.2 Å². The molecule has 0 bridgehead atoms.